The van der Waals surface area contributed by atoms with Crippen molar-refractivity contribution in [3.63, 3.8) is 0 Å². The first-order chi connectivity index (χ1) is 9.69. The summed E-state index contributed by atoms with van der Waals surface area (Å²) >= 11 is 1.49. The molecule has 1 aliphatic heterocycles. The topological polar surface area (TPSA) is 64.3 Å². The lowest BCUT2D eigenvalue weighted by Gasteiger charge is -2.08. The summed E-state index contributed by atoms with van der Waals surface area (Å²) in [5.41, 5.74) is 1.14. The van der Waals surface area contributed by atoms with Crippen molar-refractivity contribution in [1.29, 1.82) is 0 Å². The monoisotopic (exact) mass is 290 g/mol. The van der Waals surface area contributed by atoms with Crippen LogP contribution in [0.25, 0.3) is 0 Å². The third-order valence-electron chi connectivity index (χ3n) is 3.29. The van der Waals surface area contributed by atoms with Crippen molar-refractivity contribution in [3.05, 3.63) is 45.7 Å². The summed E-state index contributed by atoms with van der Waals surface area (Å²) in [5.74, 6) is 1.43. The van der Waals surface area contributed by atoms with Gasteiger partial charge < -0.3 is 9.84 Å². The number of aromatic hydroxyl groups is 1. The second-order valence-corrected chi connectivity index (χ2v) is 5.59. The highest BCUT2D eigenvalue weighted by atomic mass is 32.2. The molecule has 0 saturated heterocycles. The number of fused-ring (bicyclic) bond motifs is 1. The predicted molar refractivity (Wildman–Crippen MR) is 76.7 cm³/mol. The minimum atomic E-state index is -0.161. The van der Waals surface area contributed by atoms with E-state index in [0.717, 1.165) is 17.1 Å². The van der Waals surface area contributed by atoms with Crippen LogP contribution in [0.4, 0.5) is 0 Å². The van der Waals surface area contributed by atoms with Crippen LogP contribution in [0.1, 0.15) is 11.1 Å². The van der Waals surface area contributed by atoms with E-state index in [1.165, 1.54) is 11.8 Å². The number of methoxy groups -OCH3 is 1. The Morgan fingerprint density at radius 3 is 2.85 bits per heavy atom. The Labute approximate surface area is 120 Å². The third kappa shape index (κ3) is 2.27. The van der Waals surface area contributed by atoms with Crippen molar-refractivity contribution in [2.75, 3.05) is 12.9 Å². The number of hydrogen-bond donors (Lipinski definition) is 1. The maximum Gasteiger partial charge on any atom is 0.261 e. The Bertz CT molecular complexity index is 695. The van der Waals surface area contributed by atoms with E-state index in [1.807, 2.05) is 24.3 Å². The molecule has 0 aliphatic carbocycles. The first-order valence-electron chi connectivity index (χ1n) is 6.27. The van der Waals surface area contributed by atoms with Gasteiger partial charge in [0.25, 0.3) is 5.56 Å². The summed E-state index contributed by atoms with van der Waals surface area (Å²) < 4.78 is 6.73. The molecule has 0 spiro atoms. The summed E-state index contributed by atoms with van der Waals surface area (Å²) in [5, 5.41) is 10.6. The predicted octanol–water partition coefficient (Wildman–Crippen LogP) is 1.65. The largest absolute Gasteiger partial charge is 0.497 e. The van der Waals surface area contributed by atoms with Gasteiger partial charge in [-0.15, -0.1) is 0 Å². The molecule has 0 fully saturated rings. The fourth-order valence-electron chi connectivity index (χ4n) is 2.20. The molecule has 0 saturated carbocycles. The molecule has 2 heterocycles. The van der Waals surface area contributed by atoms with E-state index in [0.29, 0.717) is 23.7 Å². The fraction of sp³-hybridized carbons (Fsp3) is 0.286. The summed E-state index contributed by atoms with van der Waals surface area (Å²) in [7, 11) is 1.61. The third-order valence-corrected chi connectivity index (χ3v) is 4.25. The molecule has 6 heteroatoms. The van der Waals surface area contributed by atoms with Gasteiger partial charge in [-0.1, -0.05) is 23.9 Å². The fourth-order valence-corrected chi connectivity index (χ4v) is 3.14. The lowest BCUT2D eigenvalue weighted by Crippen LogP contribution is -2.24. The Morgan fingerprint density at radius 2 is 2.15 bits per heavy atom. The summed E-state index contributed by atoms with van der Waals surface area (Å²) in [6.45, 7) is 0.654. The van der Waals surface area contributed by atoms with Crippen LogP contribution in [0.5, 0.6) is 11.6 Å². The van der Waals surface area contributed by atoms with Crippen LogP contribution in [0.15, 0.2) is 34.2 Å². The van der Waals surface area contributed by atoms with Gasteiger partial charge in [0.05, 0.1) is 12.7 Å². The van der Waals surface area contributed by atoms with E-state index in [-0.39, 0.29) is 11.4 Å². The lowest BCUT2D eigenvalue weighted by molar-refractivity contribution is 0.414. The van der Waals surface area contributed by atoms with Crippen molar-refractivity contribution in [2.24, 2.45) is 0 Å². The van der Waals surface area contributed by atoms with Crippen LogP contribution in [0, 0.1) is 0 Å². The minimum absolute atomic E-state index is 0.145. The van der Waals surface area contributed by atoms with Gasteiger partial charge in [-0.2, -0.15) is 4.98 Å². The van der Waals surface area contributed by atoms with Crippen LogP contribution >= 0.6 is 11.8 Å². The van der Waals surface area contributed by atoms with Crippen molar-refractivity contribution in [3.8, 4) is 11.6 Å². The van der Waals surface area contributed by atoms with E-state index in [9.17, 15) is 9.90 Å². The molecule has 1 aromatic heterocycles. The number of hydrogen-bond acceptors (Lipinski definition) is 5. The molecular weight excluding hydrogens is 276 g/mol. The second kappa shape index (κ2) is 5.20. The van der Waals surface area contributed by atoms with Gasteiger partial charge in [0, 0.05) is 18.7 Å². The van der Waals surface area contributed by atoms with Crippen molar-refractivity contribution in [2.45, 2.75) is 18.1 Å². The molecule has 0 atom stereocenters. The molecule has 1 aromatic carbocycles. The molecule has 3 rings (SSSR count). The first kappa shape index (κ1) is 13.1. The summed E-state index contributed by atoms with van der Waals surface area (Å²) in [6, 6.07) is 7.43. The van der Waals surface area contributed by atoms with Gasteiger partial charge in [0.15, 0.2) is 5.16 Å². The molecule has 1 aliphatic rings. The zero-order valence-electron chi connectivity index (χ0n) is 11.0. The quantitative estimate of drug-likeness (QED) is 0.871. The Hall–Kier alpha value is -1.95. The van der Waals surface area contributed by atoms with E-state index in [1.54, 1.807) is 11.7 Å². The van der Waals surface area contributed by atoms with Crippen LogP contribution in [-0.4, -0.2) is 27.5 Å². The molecule has 2 aromatic rings. The van der Waals surface area contributed by atoms with Gasteiger partial charge in [-0.3, -0.25) is 9.36 Å². The SMILES string of the molecule is COc1ccc(Cc2c(O)nc3n(c2=O)CCS3)cc1. The molecule has 1 N–H and O–H groups in total. The zero-order chi connectivity index (χ0) is 14.1. The van der Waals surface area contributed by atoms with Crippen LogP contribution in [-0.2, 0) is 13.0 Å². The number of rotatable bonds is 3. The summed E-state index contributed by atoms with van der Waals surface area (Å²) in [6.07, 6.45) is 0.368. The van der Waals surface area contributed by atoms with E-state index < -0.39 is 0 Å². The Morgan fingerprint density at radius 1 is 1.40 bits per heavy atom. The molecule has 5 nitrogen and oxygen atoms in total. The lowest BCUT2D eigenvalue weighted by atomic mass is 10.1. The normalized spacial score (nSPS) is 13.2. The standard InChI is InChI=1S/C14H14N2O3S/c1-19-10-4-2-9(3-5-10)8-11-12(17)15-14-16(13(11)18)6-7-20-14/h2-5,17H,6-8H2,1H3. The van der Waals surface area contributed by atoms with Crippen molar-refractivity contribution < 1.29 is 9.84 Å². The van der Waals surface area contributed by atoms with Crippen molar-refractivity contribution in [1.82, 2.24) is 9.55 Å². The number of ether oxygens (including phenoxy) is 1. The van der Waals surface area contributed by atoms with Gasteiger partial charge in [0.2, 0.25) is 5.88 Å². The zero-order valence-corrected chi connectivity index (χ0v) is 11.8. The Balaban J connectivity index is 1.96. The molecule has 104 valence electrons. The minimum Gasteiger partial charge on any atom is -0.497 e. The van der Waals surface area contributed by atoms with Crippen molar-refractivity contribution >= 4 is 11.8 Å². The number of benzene rings is 1. The molecule has 0 unspecified atom stereocenters. The number of thioether (sulfide) groups is 1. The maximum absolute atomic E-state index is 12.3. The smallest absolute Gasteiger partial charge is 0.261 e. The highest BCUT2D eigenvalue weighted by molar-refractivity contribution is 7.99. The van der Waals surface area contributed by atoms with Gasteiger partial charge in [-0.25, -0.2) is 0 Å². The van der Waals surface area contributed by atoms with Gasteiger partial charge >= 0.3 is 0 Å². The second-order valence-electron chi connectivity index (χ2n) is 4.53. The molecule has 0 bridgehead atoms. The first-order valence-corrected chi connectivity index (χ1v) is 7.26. The number of nitrogens with zero attached hydrogens (tertiary/aromatic N) is 2. The average molecular weight is 290 g/mol. The molecular formula is C14H14N2O3S. The summed E-state index contributed by atoms with van der Waals surface area (Å²) in [4.78, 5) is 16.4. The maximum atomic E-state index is 12.3. The Kier molecular flexibility index (Phi) is 3.40. The highest BCUT2D eigenvalue weighted by Gasteiger charge is 2.20. The van der Waals surface area contributed by atoms with Gasteiger partial charge in [0.1, 0.15) is 5.75 Å². The van der Waals surface area contributed by atoms with E-state index >= 15 is 0 Å². The van der Waals surface area contributed by atoms with Crippen LogP contribution in [0.2, 0.25) is 0 Å². The molecule has 20 heavy (non-hydrogen) atoms. The van der Waals surface area contributed by atoms with Crippen LogP contribution in [0.3, 0.4) is 0 Å². The van der Waals surface area contributed by atoms with Crippen LogP contribution < -0.4 is 10.3 Å². The van der Waals surface area contributed by atoms with Gasteiger partial charge in [-0.05, 0) is 17.7 Å². The molecule has 0 amide bonds. The van der Waals surface area contributed by atoms with E-state index in [2.05, 4.69) is 4.98 Å². The van der Waals surface area contributed by atoms with E-state index in [4.69, 9.17) is 4.74 Å². The number of aromatic nitrogens is 2. The average Bonchev–Trinajstić information content (AvgIpc) is 2.92. The highest BCUT2D eigenvalue weighted by Crippen LogP contribution is 2.25. The molecule has 0 radical (unpaired) electrons.